The molecule has 0 aliphatic rings. The van der Waals surface area contributed by atoms with Gasteiger partial charge >= 0.3 is 0 Å². The van der Waals surface area contributed by atoms with Gasteiger partial charge in [-0.1, -0.05) is 91.0 Å². The molecule has 0 saturated heterocycles. The zero-order valence-electron chi connectivity index (χ0n) is 28.3. The van der Waals surface area contributed by atoms with E-state index >= 15 is 0 Å². The lowest BCUT2D eigenvalue weighted by molar-refractivity contribution is 0.998. The number of hydrogen-bond donors (Lipinski definition) is 0. The van der Waals surface area contributed by atoms with Crippen LogP contribution in [-0.2, 0) is 0 Å². The van der Waals surface area contributed by atoms with E-state index < -0.39 is 0 Å². The van der Waals surface area contributed by atoms with Crippen molar-refractivity contribution in [2.75, 3.05) is 0 Å². The molecule has 0 N–H and O–H groups in total. The molecule has 0 unspecified atom stereocenters. The second kappa shape index (κ2) is 10.9. The molecule has 250 valence electrons. The molecule has 0 aliphatic carbocycles. The van der Waals surface area contributed by atoms with Crippen LogP contribution in [0.15, 0.2) is 147 Å². The van der Waals surface area contributed by atoms with Gasteiger partial charge in [0.05, 0.1) is 45.0 Å². The Kier molecular flexibility index (Phi) is 5.83. The van der Waals surface area contributed by atoms with Crippen molar-refractivity contribution in [3.05, 3.63) is 163 Å². The van der Waals surface area contributed by atoms with E-state index in [1.165, 1.54) is 0 Å². The predicted molar refractivity (Wildman–Crippen MR) is 211 cm³/mol. The summed E-state index contributed by atoms with van der Waals surface area (Å²) >= 11 is 0. The van der Waals surface area contributed by atoms with Gasteiger partial charge in [-0.25, -0.2) is 15.0 Å². The third-order valence-electron chi connectivity index (χ3n) is 10.4. The summed E-state index contributed by atoms with van der Waals surface area (Å²) in [6, 6.07) is 35.3. The van der Waals surface area contributed by atoms with Crippen molar-refractivity contribution in [2.24, 2.45) is 0 Å². The van der Waals surface area contributed by atoms with Crippen LogP contribution in [0.1, 0.15) is 11.1 Å². The summed E-state index contributed by atoms with van der Waals surface area (Å²) in [6.45, 7) is 0. The lowest BCUT2D eigenvalue weighted by Gasteiger charge is -2.14. The molecule has 10 nitrogen and oxygen atoms in total. The molecule has 7 heterocycles. The minimum atomic E-state index is 0.703. The normalized spacial score (nSPS) is 12.1. The monoisotopic (exact) mass is 692 g/mol. The van der Waals surface area contributed by atoms with Crippen molar-refractivity contribution in [1.82, 2.24) is 48.7 Å². The van der Waals surface area contributed by atoms with E-state index in [1.54, 1.807) is 37.2 Å². The van der Waals surface area contributed by atoms with Gasteiger partial charge in [-0.15, -0.1) is 0 Å². The highest BCUT2D eigenvalue weighted by atomic mass is 15.1. The van der Waals surface area contributed by atoms with Crippen LogP contribution in [0.25, 0.3) is 93.8 Å². The maximum atomic E-state index is 5.35. The van der Waals surface area contributed by atoms with Crippen LogP contribution in [-0.4, -0.2) is 48.7 Å². The van der Waals surface area contributed by atoms with Gasteiger partial charge in [0.2, 0.25) is 0 Å². The molecule has 0 spiro atoms. The molecule has 5 aromatic carbocycles. The molecule has 0 atom stereocenters. The Morgan fingerprint density at radius 1 is 0.407 bits per heavy atom. The maximum Gasteiger partial charge on any atom is 0.165 e. The topological polar surface area (TPSA) is 112 Å². The average molecular weight is 693 g/mol. The molecule has 7 aromatic heterocycles. The first-order chi connectivity index (χ1) is 26.8. The number of benzene rings is 5. The van der Waals surface area contributed by atoms with E-state index in [9.17, 15) is 0 Å². The molecule has 0 aliphatic heterocycles. The Morgan fingerprint density at radius 3 is 1.57 bits per heavy atom. The number of fused-ring (bicyclic) bond motifs is 9. The van der Waals surface area contributed by atoms with E-state index in [0.29, 0.717) is 11.3 Å². The summed E-state index contributed by atoms with van der Waals surface area (Å²) in [4.78, 5) is 40.0. The van der Waals surface area contributed by atoms with E-state index in [-0.39, 0.29) is 0 Å². The van der Waals surface area contributed by atoms with Gasteiger partial charge in [0.15, 0.2) is 11.3 Å². The van der Waals surface area contributed by atoms with Crippen LogP contribution in [0.4, 0.5) is 0 Å². The molecule has 0 amide bonds. The SMILES string of the molecule is c1ccc(-c2cnc3c(n2)c2cccc4c5cccc6c7nccnc7n(c(=C(c7cccc8nccnc78)c7cccc8nccnc78)n3c42)c56)cc1. The van der Waals surface area contributed by atoms with E-state index in [4.69, 9.17) is 39.9 Å². The molecular weight excluding hydrogens is 669 g/mol. The number of hydrogen-bond acceptors (Lipinski definition) is 8. The summed E-state index contributed by atoms with van der Waals surface area (Å²) < 4.78 is 4.51. The van der Waals surface area contributed by atoms with Crippen molar-refractivity contribution < 1.29 is 0 Å². The minimum Gasteiger partial charge on any atom is -0.276 e. The van der Waals surface area contributed by atoms with Crippen molar-refractivity contribution in [3.8, 4) is 11.3 Å². The molecule has 0 radical (unpaired) electrons. The van der Waals surface area contributed by atoms with Crippen LogP contribution in [0.3, 0.4) is 0 Å². The number of rotatable bonds is 3. The Bertz CT molecular complexity index is 3480. The van der Waals surface area contributed by atoms with Crippen molar-refractivity contribution in [3.63, 3.8) is 0 Å². The third-order valence-corrected chi connectivity index (χ3v) is 10.4. The van der Waals surface area contributed by atoms with E-state index in [2.05, 4.69) is 69.5 Å². The standard InChI is InChI=1S/C44H24N10/c1-2-8-25(9-3-1)34-24-51-43-39(52-34)31-15-5-11-27-26-10-4-14-30-38-42(50-23-22-49-38)53(40(26)30)44(54(43)41(27)31)35(28-12-6-16-32-36(28)47-20-18-45-32)29-13-7-17-33-37(29)48-21-19-46-33/h1-24H. The van der Waals surface area contributed by atoms with E-state index in [1.807, 2.05) is 48.7 Å². The van der Waals surface area contributed by atoms with Crippen LogP contribution in [0, 0.1) is 0 Å². The first-order valence-corrected chi connectivity index (χ1v) is 17.6. The van der Waals surface area contributed by atoms with E-state index in [0.717, 1.165) is 99.1 Å². The summed E-state index contributed by atoms with van der Waals surface area (Å²) in [5, 5.41) is 4.08. The molecule has 12 rings (SSSR count). The molecular formula is C44H24N10. The molecule has 0 bridgehead atoms. The second-order valence-corrected chi connectivity index (χ2v) is 13.3. The van der Waals surface area contributed by atoms with Gasteiger partial charge in [-0.3, -0.25) is 33.7 Å². The summed E-state index contributed by atoms with van der Waals surface area (Å²) in [7, 11) is 0. The maximum absolute atomic E-state index is 5.35. The molecule has 12 aromatic rings. The fourth-order valence-electron chi connectivity index (χ4n) is 8.27. The van der Waals surface area contributed by atoms with Gasteiger partial charge in [0.1, 0.15) is 16.5 Å². The fourth-order valence-corrected chi connectivity index (χ4v) is 8.27. The fraction of sp³-hybridized carbons (Fsp3) is 0. The summed E-state index contributed by atoms with van der Waals surface area (Å²) in [6.07, 6.45) is 12.3. The lowest BCUT2D eigenvalue weighted by atomic mass is 9.95. The Hall–Kier alpha value is -7.72. The van der Waals surface area contributed by atoms with Crippen molar-refractivity contribution in [2.45, 2.75) is 0 Å². The zero-order chi connectivity index (χ0) is 35.3. The highest BCUT2D eigenvalue weighted by Crippen LogP contribution is 2.38. The molecule has 10 heteroatoms. The highest BCUT2D eigenvalue weighted by Gasteiger charge is 2.25. The molecule has 0 fully saturated rings. The summed E-state index contributed by atoms with van der Waals surface area (Å²) in [5.41, 5.74) is 13.2. The van der Waals surface area contributed by atoms with Crippen molar-refractivity contribution in [1.29, 1.82) is 0 Å². The third kappa shape index (κ3) is 3.88. The second-order valence-electron chi connectivity index (χ2n) is 13.3. The quantitative estimate of drug-likeness (QED) is 0.184. The first kappa shape index (κ1) is 28.9. The number of nitrogens with zero attached hydrogens (tertiary/aromatic N) is 10. The van der Waals surface area contributed by atoms with Gasteiger partial charge in [-0.2, -0.15) is 0 Å². The predicted octanol–water partition coefficient (Wildman–Crippen LogP) is 7.90. The van der Waals surface area contributed by atoms with Crippen molar-refractivity contribution >= 4 is 82.5 Å². The van der Waals surface area contributed by atoms with Crippen LogP contribution in [0.2, 0.25) is 0 Å². The van der Waals surface area contributed by atoms with Crippen LogP contribution in [0.5, 0.6) is 0 Å². The Morgan fingerprint density at radius 2 is 0.926 bits per heavy atom. The highest BCUT2D eigenvalue weighted by molar-refractivity contribution is 6.22. The number of aromatic nitrogens is 10. The Labute approximate surface area is 304 Å². The minimum absolute atomic E-state index is 0.703. The average Bonchev–Trinajstić information content (AvgIpc) is 3.71. The van der Waals surface area contributed by atoms with Gasteiger partial charge < -0.3 is 0 Å². The molecule has 54 heavy (non-hydrogen) atoms. The summed E-state index contributed by atoms with van der Waals surface area (Å²) in [5.74, 6) is 0. The van der Waals surface area contributed by atoms with Crippen LogP contribution >= 0.6 is 0 Å². The van der Waals surface area contributed by atoms with Gasteiger partial charge in [0.25, 0.3) is 0 Å². The Balaban J connectivity index is 1.48. The number of para-hydroxylation sites is 4. The lowest BCUT2D eigenvalue weighted by Crippen LogP contribution is -2.25. The smallest absolute Gasteiger partial charge is 0.165 e. The van der Waals surface area contributed by atoms with Gasteiger partial charge in [0, 0.05) is 81.0 Å². The zero-order valence-corrected chi connectivity index (χ0v) is 28.3. The van der Waals surface area contributed by atoms with Crippen LogP contribution < -0.4 is 5.48 Å². The largest absolute Gasteiger partial charge is 0.276 e. The first-order valence-electron chi connectivity index (χ1n) is 17.6. The van der Waals surface area contributed by atoms with Gasteiger partial charge in [-0.05, 0) is 12.1 Å². The molecule has 0 saturated carbocycles.